The van der Waals surface area contributed by atoms with Crippen LogP contribution in [0.25, 0.3) is 43.9 Å². The molecule has 0 fully saturated rings. The van der Waals surface area contributed by atoms with Crippen LogP contribution < -0.4 is 4.90 Å². The van der Waals surface area contributed by atoms with Crippen LogP contribution in [0.15, 0.2) is 156 Å². The Labute approximate surface area is 242 Å². The molecule has 1 aromatic heterocycles. The van der Waals surface area contributed by atoms with Gasteiger partial charge in [0.05, 0.1) is 5.52 Å². The van der Waals surface area contributed by atoms with Crippen molar-refractivity contribution in [3.8, 4) is 22.3 Å². The van der Waals surface area contributed by atoms with Crippen molar-refractivity contribution in [1.29, 1.82) is 0 Å². The van der Waals surface area contributed by atoms with E-state index in [1.54, 1.807) is 0 Å². The Morgan fingerprint density at radius 2 is 1.00 bits per heavy atom. The summed E-state index contributed by atoms with van der Waals surface area (Å²) in [6.45, 7) is 0. The summed E-state index contributed by atoms with van der Waals surface area (Å²) in [5.41, 5.74) is 7.80. The van der Waals surface area contributed by atoms with Crippen molar-refractivity contribution in [2.24, 2.45) is 0 Å². The van der Waals surface area contributed by atoms with E-state index < -0.39 is 0 Å². The second-order valence-electron chi connectivity index (χ2n) is 9.80. The first-order valence-electron chi connectivity index (χ1n) is 13.3. The molecule has 0 saturated heterocycles. The molecule has 1 heterocycles. The Hall–Kier alpha value is -4.73. The van der Waals surface area contributed by atoms with Crippen LogP contribution in [0.1, 0.15) is 0 Å². The Morgan fingerprint density at radius 3 is 1.75 bits per heavy atom. The maximum Gasteiger partial charge on any atom is 0.146 e. The summed E-state index contributed by atoms with van der Waals surface area (Å²) in [6.07, 6.45) is 0. The molecule has 0 atom stereocenters. The van der Waals surface area contributed by atoms with Crippen LogP contribution in [0.3, 0.4) is 0 Å². The number of anilines is 3. The zero-order chi connectivity index (χ0) is 26.9. The van der Waals surface area contributed by atoms with Crippen molar-refractivity contribution in [2.45, 2.75) is 0 Å². The van der Waals surface area contributed by atoms with Gasteiger partial charge in [0.25, 0.3) is 0 Å². The monoisotopic (exact) mass is 576 g/mol. The summed E-state index contributed by atoms with van der Waals surface area (Å²) in [7, 11) is 0. The normalized spacial score (nSPS) is 11.1. The van der Waals surface area contributed by atoms with Crippen molar-refractivity contribution >= 4 is 54.8 Å². The SMILES string of the molecule is Brc1ccc(-c2ccc(N(c3cccc(-c4ccccc4)c3)c3nc4ccccc4c4ccccc34)cc2)cc1. The summed E-state index contributed by atoms with van der Waals surface area (Å²) >= 11 is 3.55. The number of rotatable bonds is 5. The molecule has 7 aromatic rings. The van der Waals surface area contributed by atoms with E-state index in [0.29, 0.717) is 0 Å². The zero-order valence-corrected chi connectivity index (χ0v) is 23.3. The van der Waals surface area contributed by atoms with Gasteiger partial charge in [0, 0.05) is 26.6 Å². The van der Waals surface area contributed by atoms with Crippen LogP contribution in [0.5, 0.6) is 0 Å². The molecule has 0 spiro atoms. The number of nitrogens with zero attached hydrogens (tertiary/aromatic N) is 2. The number of hydrogen-bond acceptors (Lipinski definition) is 2. The van der Waals surface area contributed by atoms with Gasteiger partial charge in [0.1, 0.15) is 5.82 Å². The smallest absolute Gasteiger partial charge is 0.146 e. The Morgan fingerprint density at radius 1 is 0.425 bits per heavy atom. The molecule has 0 unspecified atom stereocenters. The van der Waals surface area contributed by atoms with E-state index >= 15 is 0 Å². The fourth-order valence-electron chi connectivity index (χ4n) is 5.35. The van der Waals surface area contributed by atoms with Gasteiger partial charge in [0.2, 0.25) is 0 Å². The molecule has 0 amide bonds. The third-order valence-electron chi connectivity index (χ3n) is 7.31. The van der Waals surface area contributed by atoms with Crippen molar-refractivity contribution < 1.29 is 0 Å². The predicted octanol–water partition coefficient (Wildman–Crippen LogP) is 11.0. The lowest BCUT2D eigenvalue weighted by Gasteiger charge is -2.27. The molecule has 7 rings (SSSR count). The second kappa shape index (κ2) is 10.4. The first-order valence-corrected chi connectivity index (χ1v) is 14.1. The molecule has 0 N–H and O–H groups in total. The number of pyridine rings is 1. The average molecular weight is 578 g/mol. The standard InChI is InChI=1S/C37H25BrN2/c38-30-21-17-27(18-22-30)28-19-23-31(24-20-28)40(32-12-8-11-29(25-32)26-9-2-1-3-10-26)37-35-15-5-4-13-33(35)34-14-6-7-16-36(34)39-37/h1-25H. The van der Waals surface area contributed by atoms with E-state index in [2.05, 4.69) is 172 Å². The lowest BCUT2D eigenvalue weighted by Crippen LogP contribution is -2.12. The number of para-hydroxylation sites is 1. The van der Waals surface area contributed by atoms with Gasteiger partial charge in [-0.3, -0.25) is 4.90 Å². The molecule has 40 heavy (non-hydrogen) atoms. The average Bonchev–Trinajstić information content (AvgIpc) is 3.03. The molecule has 6 aromatic carbocycles. The fraction of sp³-hybridized carbons (Fsp3) is 0. The molecule has 0 radical (unpaired) electrons. The molecule has 0 aliphatic rings. The van der Waals surface area contributed by atoms with E-state index in [1.165, 1.54) is 27.6 Å². The number of hydrogen-bond donors (Lipinski definition) is 0. The predicted molar refractivity (Wildman–Crippen MR) is 173 cm³/mol. The number of halogens is 1. The molecule has 0 aliphatic carbocycles. The summed E-state index contributed by atoms with van der Waals surface area (Å²) < 4.78 is 1.08. The van der Waals surface area contributed by atoms with Crippen LogP contribution in [-0.4, -0.2) is 4.98 Å². The van der Waals surface area contributed by atoms with Crippen molar-refractivity contribution in [3.63, 3.8) is 0 Å². The minimum Gasteiger partial charge on any atom is -0.294 e. The fourth-order valence-corrected chi connectivity index (χ4v) is 5.62. The van der Waals surface area contributed by atoms with E-state index in [4.69, 9.17) is 4.98 Å². The Balaban J connectivity index is 1.44. The molecule has 2 nitrogen and oxygen atoms in total. The maximum absolute atomic E-state index is 5.27. The number of benzene rings is 6. The van der Waals surface area contributed by atoms with Gasteiger partial charge in [0.15, 0.2) is 0 Å². The van der Waals surface area contributed by atoms with Gasteiger partial charge in [-0.05, 0) is 70.1 Å². The Bertz CT molecular complexity index is 1950. The summed E-state index contributed by atoms with van der Waals surface area (Å²) in [6, 6.07) is 53.4. The number of fused-ring (bicyclic) bond motifs is 3. The number of aromatic nitrogens is 1. The molecule has 0 bridgehead atoms. The van der Waals surface area contributed by atoms with Gasteiger partial charge in [-0.1, -0.05) is 125 Å². The summed E-state index contributed by atoms with van der Waals surface area (Å²) in [5, 5.41) is 3.47. The maximum atomic E-state index is 5.27. The van der Waals surface area contributed by atoms with E-state index in [0.717, 1.165) is 38.0 Å². The first-order chi connectivity index (χ1) is 19.7. The van der Waals surface area contributed by atoms with E-state index in [-0.39, 0.29) is 0 Å². The van der Waals surface area contributed by atoms with Crippen molar-refractivity contribution in [3.05, 3.63) is 156 Å². The minimum atomic E-state index is 0.913. The zero-order valence-electron chi connectivity index (χ0n) is 21.7. The van der Waals surface area contributed by atoms with E-state index in [9.17, 15) is 0 Å². The van der Waals surface area contributed by atoms with Crippen LogP contribution in [0, 0.1) is 0 Å². The van der Waals surface area contributed by atoms with Gasteiger partial charge in [-0.2, -0.15) is 0 Å². The van der Waals surface area contributed by atoms with Gasteiger partial charge in [-0.25, -0.2) is 4.98 Å². The largest absolute Gasteiger partial charge is 0.294 e. The van der Waals surface area contributed by atoms with Gasteiger partial charge < -0.3 is 0 Å². The highest BCUT2D eigenvalue weighted by Gasteiger charge is 2.19. The van der Waals surface area contributed by atoms with E-state index in [1.807, 2.05) is 0 Å². The quantitative estimate of drug-likeness (QED) is 0.189. The third kappa shape index (κ3) is 4.55. The molecule has 0 saturated carbocycles. The Kier molecular flexibility index (Phi) is 6.35. The van der Waals surface area contributed by atoms with Crippen molar-refractivity contribution in [2.75, 3.05) is 4.90 Å². The minimum absolute atomic E-state index is 0.913. The highest BCUT2D eigenvalue weighted by molar-refractivity contribution is 9.10. The lowest BCUT2D eigenvalue weighted by molar-refractivity contribution is 1.22. The van der Waals surface area contributed by atoms with Crippen molar-refractivity contribution in [1.82, 2.24) is 4.98 Å². The molecule has 0 aliphatic heterocycles. The highest BCUT2D eigenvalue weighted by Crippen LogP contribution is 2.41. The van der Waals surface area contributed by atoms with Crippen LogP contribution in [0.2, 0.25) is 0 Å². The topological polar surface area (TPSA) is 16.1 Å². The molecule has 3 heteroatoms. The first kappa shape index (κ1) is 24.3. The lowest BCUT2D eigenvalue weighted by atomic mass is 10.0. The third-order valence-corrected chi connectivity index (χ3v) is 7.84. The highest BCUT2D eigenvalue weighted by atomic mass is 79.9. The molecular weight excluding hydrogens is 552 g/mol. The molecular formula is C37H25BrN2. The van der Waals surface area contributed by atoms with Gasteiger partial charge >= 0.3 is 0 Å². The van der Waals surface area contributed by atoms with Gasteiger partial charge in [-0.15, -0.1) is 0 Å². The second-order valence-corrected chi connectivity index (χ2v) is 10.7. The summed E-state index contributed by atoms with van der Waals surface area (Å²) in [4.78, 5) is 7.55. The molecule has 190 valence electrons. The summed E-state index contributed by atoms with van der Waals surface area (Å²) in [5.74, 6) is 0.913. The van der Waals surface area contributed by atoms with Crippen LogP contribution in [0.4, 0.5) is 17.2 Å². The van der Waals surface area contributed by atoms with Crippen LogP contribution >= 0.6 is 15.9 Å². The van der Waals surface area contributed by atoms with Crippen LogP contribution in [-0.2, 0) is 0 Å².